The molecule has 0 atom stereocenters. The molecule has 55 heavy (non-hydrogen) atoms. The van der Waals surface area contributed by atoms with Crippen molar-refractivity contribution >= 4 is 40.0 Å². The fraction of sp³-hybridized carbons (Fsp3) is 0.558. The molecule has 0 radical (unpaired) electrons. The van der Waals surface area contributed by atoms with Gasteiger partial charge in [-0.3, -0.25) is 19.5 Å². The van der Waals surface area contributed by atoms with Crippen LogP contribution in [0.15, 0.2) is 49.1 Å². The third-order valence-electron chi connectivity index (χ3n) is 13.5. The first-order valence-corrected chi connectivity index (χ1v) is 20.2. The van der Waals surface area contributed by atoms with Crippen LogP contribution < -0.4 is 10.2 Å². The molecule has 1 aromatic carbocycles. The number of amides is 2. The lowest BCUT2D eigenvalue weighted by molar-refractivity contribution is -0.149. The SMILES string of the molecule is CC(C)n1cnc2cc(-c3ccc4c(c3)N(C3CC(N5CCC(C)(C)C5)C3)C(=O)C43CCN(C(=O)C4(C)CCOCC4)CC3)nc(Nc3ccncc3F)c21. The number of imidazole rings is 1. The Hall–Kier alpha value is -4.42. The number of halogens is 1. The van der Waals surface area contributed by atoms with E-state index in [9.17, 15) is 9.18 Å². The number of hydrogen-bond acceptors (Lipinski definition) is 8. The third kappa shape index (κ3) is 6.11. The second-order valence-electron chi connectivity index (χ2n) is 18.1. The van der Waals surface area contributed by atoms with E-state index in [4.69, 9.17) is 14.7 Å². The summed E-state index contributed by atoms with van der Waals surface area (Å²) < 4.78 is 22.5. The predicted octanol–water partition coefficient (Wildman–Crippen LogP) is 7.24. The molecule has 4 aliphatic heterocycles. The number of nitrogens with one attached hydrogen (secondary N) is 1. The van der Waals surface area contributed by atoms with Crippen LogP contribution in [-0.4, -0.2) is 92.6 Å². The van der Waals surface area contributed by atoms with Gasteiger partial charge in [-0.15, -0.1) is 0 Å². The second-order valence-corrected chi connectivity index (χ2v) is 18.1. The lowest BCUT2D eigenvalue weighted by Crippen LogP contribution is -2.58. The molecule has 1 aliphatic carbocycles. The molecular formula is C43H53FN8O3. The summed E-state index contributed by atoms with van der Waals surface area (Å²) >= 11 is 0. The van der Waals surface area contributed by atoms with Crippen molar-refractivity contribution in [3.05, 3.63) is 60.4 Å². The van der Waals surface area contributed by atoms with Crippen molar-refractivity contribution in [1.29, 1.82) is 0 Å². The molecule has 2 amide bonds. The van der Waals surface area contributed by atoms with Crippen LogP contribution in [0.3, 0.4) is 0 Å². The highest BCUT2D eigenvalue weighted by Crippen LogP contribution is 2.53. The summed E-state index contributed by atoms with van der Waals surface area (Å²) in [6.07, 6.45) is 10.3. The molecule has 12 heteroatoms. The van der Waals surface area contributed by atoms with E-state index in [-0.39, 0.29) is 29.6 Å². The largest absolute Gasteiger partial charge is 0.381 e. The zero-order valence-corrected chi connectivity index (χ0v) is 32.8. The van der Waals surface area contributed by atoms with Gasteiger partial charge in [0.2, 0.25) is 11.8 Å². The molecule has 0 bridgehead atoms. The number of anilines is 3. The molecule has 4 fully saturated rings. The Morgan fingerprint density at radius 1 is 0.982 bits per heavy atom. The quantitative estimate of drug-likeness (QED) is 0.211. The molecule has 3 saturated heterocycles. The Balaban J connectivity index is 1.07. The highest BCUT2D eigenvalue weighted by molar-refractivity contribution is 6.09. The van der Waals surface area contributed by atoms with E-state index < -0.39 is 16.6 Å². The highest BCUT2D eigenvalue weighted by atomic mass is 19.1. The van der Waals surface area contributed by atoms with Crippen LogP contribution in [0.5, 0.6) is 0 Å². The Kier molecular flexibility index (Phi) is 8.80. The number of nitrogens with zero attached hydrogens (tertiary/aromatic N) is 7. The average Bonchev–Trinajstić information content (AvgIpc) is 3.82. The summed E-state index contributed by atoms with van der Waals surface area (Å²) in [5.74, 6) is 0.390. The van der Waals surface area contributed by atoms with Gasteiger partial charge in [-0.05, 0) is 94.5 Å². The molecular weight excluding hydrogens is 696 g/mol. The smallest absolute Gasteiger partial charge is 0.238 e. The van der Waals surface area contributed by atoms with Crippen molar-refractivity contribution in [3.63, 3.8) is 0 Å². The van der Waals surface area contributed by atoms with Gasteiger partial charge in [0.05, 0.1) is 40.3 Å². The van der Waals surface area contributed by atoms with E-state index in [1.165, 1.54) is 12.6 Å². The monoisotopic (exact) mass is 748 g/mol. The Bertz CT molecular complexity index is 2140. The minimum atomic E-state index is -0.680. The van der Waals surface area contributed by atoms with Gasteiger partial charge < -0.3 is 24.4 Å². The second kappa shape index (κ2) is 13.4. The number of fused-ring (bicyclic) bond motifs is 3. The fourth-order valence-corrected chi connectivity index (χ4v) is 9.93. The number of carbonyl (C=O) groups is 2. The number of pyridine rings is 2. The van der Waals surface area contributed by atoms with Crippen molar-refractivity contribution in [2.45, 2.75) is 103 Å². The van der Waals surface area contributed by atoms with E-state index >= 15 is 4.79 Å². The molecule has 1 saturated carbocycles. The van der Waals surface area contributed by atoms with Crippen LogP contribution >= 0.6 is 0 Å². The summed E-state index contributed by atoms with van der Waals surface area (Å²) in [6, 6.07) is 10.6. The zero-order valence-electron chi connectivity index (χ0n) is 32.8. The van der Waals surface area contributed by atoms with Gasteiger partial charge >= 0.3 is 0 Å². The normalized spacial score (nSPS) is 24.5. The number of hydrogen-bond donors (Lipinski definition) is 1. The first kappa shape index (κ1) is 36.2. The van der Waals surface area contributed by atoms with E-state index in [0.29, 0.717) is 62.1 Å². The van der Waals surface area contributed by atoms with E-state index in [0.717, 1.165) is 66.6 Å². The van der Waals surface area contributed by atoms with Gasteiger partial charge in [-0.2, -0.15) is 0 Å². The Labute approximate surface area is 322 Å². The lowest BCUT2D eigenvalue weighted by Gasteiger charge is -2.47. The maximum Gasteiger partial charge on any atom is 0.238 e. The number of piperidine rings is 1. The van der Waals surface area contributed by atoms with Gasteiger partial charge in [0, 0.05) is 68.4 Å². The van der Waals surface area contributed by atoms with Gasteiger partial charge in [0.15, 0.2) is 11.6 Å². The molecule has 290 valence electrons. The van der Waals surface area contributed by atoms with Crippen molar-refractivity contribution in [2.24, 2.45) is 10.8 Å². The van der Waals surface area contributed by atoms with Crippen LogP contribution in [0.25, 0.3) is 22.3 Å². The topological polar surface area (TPSA) is 109 Å². The predicted molar refractivity (Wildman–Crippen MR) is 211 cm³/mol. The molecule has 0 unspecified atom stereocenters. The molecule has 1 N–H and O–H groups in total. The highest BCUT2D eigenvalue weighted by Gasteiger charge is 2.56. The number of carbonyl (C=O) groups excluding carboxylic acids is 2. The van der Waals surface area contributed by atoms with Crippen molar-refractivity contribution < 1.29 is 18.7 Å². The third-order valence-corrected chi connectivity index (χ3v) is 13.5. The zero-order chi connectivity index (χ0) is 38.3. The number of aromatic nitrogens is 4. The Morgan fingerprint density at radius 2 is 1.75 bits per heavy atom. The van der Waals surface area contributed by atoms with Crippen LogP contribution in [0.4, 0.5) is 21.6 Å². The van der Waals surface area contributed by atoms with Crippen molar-refractivity contribution in [2.75, 3.05) is 49.6 Å². The summed E-state index contributed by atoms with van der Waals surface area (Å²) in [5.41, 5.74) is 4.59. The van der Waals surface area contributed by atoms with Crippen LogP contribution in [0.2, 0.25) is 0 Å². The van der Waals surface area contributed by atoms with Gasteiger partial charge in [0.25, 0.3) is 0 Å². The molecule has 1 spiro atoms. The minimum absolute atomic E-state index is 0.107. The maximum atomic E-state index is 15.0. The average molecular weight is 749 g/mol. The van der Waals surface area contributed by atoms with Crippen molar-refractivity contribution in [3.8, 4) is 11.3 Å². The maximum absolute atomic E-state index is 15.0. The van der Waals surface area contributed by atoms with E-state index in [1.807, 2.05) is 15.5 Å². The first-order chi connectivity index (χ1) is 26.4. The van der Waals surface area contributed by atoms with Crippen LogP contribution in [0.1, 0.15) is 91.2 Å². The summed E-state index contributed by atoms with van der Waals surface area (Å²) in [5, 5.41) is 3.24. The summed E-state index contributed by atoms with van der Waals surface area (Å²) in [7, 11) is 0. The van der Waals surface area contributed by atoms with Crippen LogP contribution in [-0.2, 0) is 19.7 Å². The first-order valence-electron chi connectivity index (χ1n) is 20.2. The van der Waals surface area contributed by atoms with Gasteiger partial charge in [0.1, 0.15) is 5.52 Å². The summed E-state index contributed by atoms with van der Waals surface area (Å²) in [4.78, 5) is 49.4. The van der Waals surface area contributed by atoms with E-state index in [1.54, 1.807) is 18.6 Å². The van der Waals surface area contributed by atoms with Gasteiger partial charge in [-0.1, -0.05) is 32.9 Å². The molecule has 11 nitrogen and oxygen atoms in total. The Morgan fingerprint density at radius 3 is 2.44 bits per heavy atom. The number of benzene rings is 1. The molecule has 5 aliphatic rings. The molecule has 9 rings (SSSR count). The molecule has 7 heterocycles. The van der Waals surface area contributed by atoms with Crippen molar-refractivity contribution in [1.82, 2.24) is 29.3 Å². The standard InChI is InChI=1S/C43H53FN8O3/c1-27(2)51-26-46-35-23-34(48-38(37(35)51)47-33-8-14-45-24-32(33)44)28-6-7-31-36(20-28)52(30-21-29(22-30)50-15-9-41(3,4)25-50)40(54)43(31)10-16-49(17-11-43)39(53)42(5)12-18-55-19-13-42/h6-8,14,20,23-24,26-27,29-30H,9-13,15-19,21-22,25H2,1-5H3,(H,45,47,48). The molecule has 3 aromatic heterocycles. The van der Waals surface area contributed by atoms with Gasteiger partial charge in [-0.25, -0.2) is 14.4 Å². The fourth-order valence-electron chi connectivity index (χ4n) is 9.93. The number of likely N-dealkylation sites (tertiary alicyclic amines) is 2. The lowest BCUT2D eigenvalue weighted by atomic mass is 9.72. The van der Waals surface area contributed by atoms with E-state index in [2.05, 4.69) is 72.9 Å². The number of rotatable bonds is 7. The minimum Gasteiger partial charge on any atom is -0.381 e. The summed E-state index contributed by atoms with van der Waals surface area (Å²) in [6.45, 7) is 15.5. The molecule has 4 aromatic rings. The van der Waals surface area contributed by atoms with Crippen LogP contribution in [0, 0.1) is 16.6 Å². The number of ether oxygens (including phenoxy) is 1.